The minimum absolute atomic E-state index is 0.0625. The summed E-state index contributed by atoms with van der Waals surface area (Å²) >= 11 is 0. The number of aliphatic hydroxyl groups excluding tert-OH is 2. The molecule has 0 heterocycles. The summed E-state index contributed by atoms with van der Waals surface area (Å²) in [5.74, 6) is -1.14. The standard InChI is InChI=1S/C25H32N4O7/c1-14-3-7-16(8-4-14)27-24(34)29-19-12-25(35,13-20(30)21(19)31)23(33)28-18(22(26)32)11-15-5-9-17(36-2)10-6-15/h3-10,18-21,30-31,35H,11-13H2,1-2H3,(H2,26,32)(H,28,33)(H2,27,29,34). The molecule has 0 bridgehead atoms. The summed E-state index contributed by atoms with van der Waals surface area (Å²) in [7, 11) is 1.52. The molecule has 2 aromatic carbocycles. The van der Waals surface area contributed by atoms with Gasteiger partial charge in [0.15, 0.2) is 0 Å². The van der Waals surface area contributed by atoms with Gasteiger partial charge in [-0.25, -0.2) is 4.79 Å². The van der Waals surface area contributed by atoms with Gasteiger partial charge in [-0.2, -0.15) is 0 Å². The van der Waals surface area contributed by atoms with E-state index in [1.165, 1.54) is 7.11 Å². The molecule has 194 valence electrons. The highest BCUT2D eigenvalue weighted by atomic mass is 16.5. The highest BCUT2D eigenvalue weighted by Crippen LogP contribution is 2.30. The van der Waals surface area contributed by atoms with E-state index in [1.807, 2.05) is 6.92 Å². The minimum Gasteiger partial charge on any atom is -0.497 e. The number of methoxy groups -OCH3 is 1. The van der Waals surface area contributed by atoms with E-state index >= 15 is 0 Å². The van der Waals surface area contributed by atoms with E-state index in [9.17, 15) is 29.7 Å². The van der Waals surface area contributed by atoms with Gasteiger partial charge in [0.05, 0.1) is 19.3 Å². The van der Waals surface area contributed by atoms with Gasteiger partial charge in [-0.3, -0.25) is 9.59 Å². The molecule has 0 spiro atoms. The molecule has 0 saturated heterocycles. The molecule has 1 saturated carbocycles. The normalized spacial score (nSPS) is 24.3. The Morgan fingerprint density at radius 1 is 1.08 bits per heavy atom. The molecular formula is C25H32N4O7. The van der Waals surface area contributed by atoms with Crippen LogP contribution in [0.25, 0.3) is 0 Å². The molecule has 4 amide bonds. The van der Waals surface area contributed by atoms with Crippen LogP contribution < -0.4 is 26.4 Å². The van der Waals surface area contributed by atoms with Gasteiger partial charge in [-0.15, -0.1) is 0 Å². The quantitative estimate of drug-likeness (QED) is 0.265. The number of aryl methyl sites for hydroxylation is 1. The Hall–Kier alpha value is -3.67. The van der Waals surface area contributed by atoms with Crippen LogP contribution in [0, 0.1) is 6.92 Å². The molecule has 36 heavy (non-hydrogen) atoms. The molecule has 11 heteroatoms. The first-order valence-electron chi connectivity index (χ1n) is 11.5. The Bertz CT molecular complexity index is 1080. The van der Waals surface area contributed by atoms with Crippen LogP contribution in [0.15, 0.2) is 48.5 Å². The largest absolute Gasteiger partial charge is 0.497 e. The molecule has 1 aliphatic carbocycles. The number of amides is 4. The summed E-state index contributed by atoms with van der Waals surface area (Å²) in [5, 5.41) is 39.3. The maximum absolute atomic E-state index is 13.0. The van der Waals surface area contributed by atoms with E-state index in [-0.39, 0.29) is 6.42 Å². The number of nitrogens with two attached hydrogens (primary N) is 1. The second-order valence-corrected chi connectivity index (χ2v) is 9.05. The maximum atomic E-state index is 13.0. The Balaban J connectivity index is 1.67. The van der Waals surface area contributed by atoms with Crippen LogP contribution in [0.4, 0.5) is 10.5 Å². The monoisotopic (exact) mass is 500 g/mol. The van der Waals surface area contributed by atoms with E-state index in [0.29, 0.717) is 17.0 Å². The zero-order chi connectivity index (χ0) is 26.5. The van der Waals surface area contributed by atoms with Gasteiger partial charge in [-0.1, -0.05) is 29.8 Å². The fourth-order valence-electron chi connectivity index (χ4n) is 4.11. The summed E-state index contributed by atoms with van der Waals surface area (Å²) < 4.78 is 5.10. The summed E-state index contributed by atoms with van der Waals surface area (Å²) in [6.07, 6.45) is -3.76. The Labute approximate surface area is 208 Å². The average Bonchev–Trinajstić information content (AvgIpc) is 2.83. The zero-order valence-electron chi connectivity index (χ0n) is 20.1. The summed E-state index contributed by atoms with van der Waals surface area (Å²) in [6, 6.07) is 10.8. The van der Waals surface area contributed by atoms with E-state index < -0.39 is 60.6 Å². The number of hydrogen-bond acceptors (Lipinski definition) is 7. The second-order valence-electron chi connectivity index (χ2n) is 9.05. The maximum Gasteiger partial charge on any atom is 0.319 e. The SMILES string of the molecule is COc1ccc(CC(NC(=O)C2(O)CC(O)C(O)C(NC(=O)Nc3ccc(C)cc3)C2)C(N)=O)cc1. The molecule has 5 atom stereocenters. The molecule has 1 fully saturated rings. The van der Waals surface area contributed by atoms with E-state index in [4.69, 9.17) is 10.5 Å². The van der Waals surface area contributed by atoms with Crippen LogP contribution in [0.3, 0.4) is 0 Å². The number of aliphatic hydroxyl groups is 3. The fourth-order valence-corrected chi connectivity index (χ4v) is 4.11. The number of rotatable bonds is 8. The van der Waals surface area contributed by atoms with Gasteiger partial charge in [0.1, 0.15) is 23.5 Å². The van der Waals surface area contributed by atoms with E-state index in [0.717, 1.165) is 5.56 Å². The number of primary amides is 1. The predicted octanol–water partition coefficient (Wildman–Crippen LogP) is -0.0468. The molecule has 5 unspecified atom stereocenters. The van der Waals surface area contributed by atoms with Gasteiger partial charge < -0.3 is 41.7 Å². The summed E-state index contributed by atoms with van der Waals surface area (Å²) in [4.78, 5) is 37.5. The van der Waals surface area contributed by atoms with Crippen molar-refractivity contribution in [2.45, 2.75) is 56.1 Å². The lowest BCUT2D eigenvalue weighted by Gasteiger charge is -2.41. The molecule has 2 aromatic rings. The third-order valence-electron chi connectivity index (χ3n) is 6.21. The number of ether oxygens (including phenoxy) is 1. The zero-order valence-corrected chi connectivity index (χ0v) is 20.1. The van der Waals surface area contributed by atoms with Crippen molar-refractivity contribution in [3.8, 4) is 5.75 Å². The van der Waals surface area contributed by atoms with Crippen molar-refractivity contribution in [2.75, 3.05) is 12.4 Å². The Morgan fingerprint density at radius 3 is 2.31 bits per heavy atom. The lowest BCUT2D eigenvalue weighted by molar-refractivity contribution is -0.158. The molecule has 1 aliphatic rings. The molecule has 8 N–H and O–H groups in total. The third-order valence-corrected chi connectivity index (χ3v) is 6.21. The number of urea groups is 1. The van der Waals surface area contributed by atoms with Crippen molar-refractivity contribution < 1.29 is 34.4 Å². The van der Waals surface area contributed by atoms with Crippen LogP contribution in [-0.2, 0) is 16.0 Å². The van der Waals surface area contributed by atoms with Crippen molar-refractivity contribution in [3.05, 3.63) is 59.7 Å². The van der Waals surface area contributed by atoms with Crippen molar-refractivity contribution in [3.63, 3.8) is 0 Å². The smallest absolute Gasteiger partial charge is 0.319 e. The number of carbonyl (C=O) groups excluding carboxylic acids is 3. The van der Waals surface area contributed by atoms with Crippen LogP contribution >= 0.6 is 0 Å². The number of carbonyl (C=O) groups is 3. The fraction of sp³-hybridized carbons (Fsp3) is 0.400. The van der Waals surface area contributed by atoms with Crippen LogP contribution in [0.1, 0.15) is 24.0 Å². The molecule has 0 aromatic heterocycles. The van der Waals surface area contributed by atoms with Crippen LogP contribution in [-0.4, -0.2) is 70.2 Å². The number of benzene rings is 2. The molecule has 0 radical (unpaired) electrons. The lowest BCUT2D eigenvalue weighted by Crippen LogP contribution is -2.64. The predicted molar refractivity (Wildman–Crippen MR) is 131 cm³/mol. The van der Waals surface area contributed by atoms with Gasteiger partial charge in [0.25, 0.3) is 5.91 Å². The van der Waals surface area contributed by atoms with Crippen molar-refractivity contribution >= 4 is 23.5 Å². The van der Waals surface area contributed by atoms with Crippen molar-refractivity contribution in [2.24, 2.45) is 5.73 Å². The lowest BCUT2D eigenvalue weighted by atomic mass is 9.77. The number of nitrogens with one attached hydrogen (secondary N) is 3. The van der Waals surface area contributed by atoms with Gasteiger partial charge >= 0.3 is 6.03 Å². The Kier molecular flexibility index (Phi) is 8.51. The molecule has 11 nitrogen and oxygen atoms in total. The van der Waals surface area contributed by atoms with Gasteiger partial charge in [0.2, 0.25) is 5.91 Å². The third kappa shape index (κ3) is 6.72. The molecule has 0 aliphatic heterocycles. The van der Waals surface area contributed by atoms with Crippen LogP contribution in [0.2, 0.25) is 0 Å². The Morgan fingerprint density at radius 2 is 1.72 bits per heavy atom. The number of hydrogen-bond donors (Lipinski definition) is 7. The summed E-state index contributed by atoms with van der Waals surface area (Å²) in [5.41, 5.74) is 5.50. The topological polar surface area (TPSA) is 183 Å². The van der Waals surface area contributed by atoms with Gasteiger partial charge in [0, 0.05) is 24.9 Å². The van der Waals surface area contributed by atoms with E-state index in [1.54, 1.807) is 48.5 Å². The van der Waals surface area contributed by atoms with Crippen molar-refractivity contribution in [1.82, 2.24) is 10.6 Å². The molecular weight excluding hydrogens is 468 g/mol. The highest BCUT2D eigenvalue weighted by molar-refractivity contribution is 5.92. The van der Waals surface area contributed by atoms with Gasteiger partial charge in [-0.05, 0) is 36.8 Å². The minimum atomic E-state index is -2.17. The first-order valence-corrected chi connectivity index (χ1v) is 11.5. The van der Waals surface area contributed by atoms with Crippen molar-refractivity contribution in [1.29, 1.82) is 0 Å². The first kappa shape index (κ1) is 26.9. The van der Waals surface area contributed by atoms with Crippen LogP contribution in [0.5, 0.6) is 5.75 Å². The highest BCUT2D eigenvalue weighted by Gasteiger charge is 2.49. The average molecular weight is 501 g/mol. The first-order chi connectivity index (χ1) is 17.0. The van der Waals surface area contributed by atoms with E-state index in [2.05, 4.69) is 16.0 Å². The summed E-state index contributed by atoms with van der Waals surface area (Å²) in [6.45, 7) is 1.90. The number of anilines is 1. The molecule has 3 rings (SSSR count). The second kappa shape index (κ2) is 11.4.